The van der Waals surface area contributed by atoms with E-state index in [-0.39, 0.29) is 30.2 Å². The normalized spacial score (nSPS) is 14.2. The molecule has 1 aromatic rings. The third kappa shape index (κ3) is 2.66. The van der Waals surface area contributed by atoms with Gasteiger partial charge in [-0.1, -0.05) is 0 Å². The SMILES string of the molecule is CCOC(=O)C1=NN(c2ccc(C(=O)O)cc2)C(=O)C1. The van der Waals surface area contributed by atoms with Gasteiger partial charge in [0.2, 0.25) is 0 Å². The van der Waals surface area contributed by atoms with Gasteiger partial charge in [0.25, 0.3) is 5.91 Å². The van der Waals surface area contributed by atoms with Gasteiger partial charge in [0.15, 0.2) is 5.71 Å². The van der Waals surface area contributed by atoms with Crippen LogP contribution in [0.1, 0.15) is 23.7 Å². The van der Waals surface area contributed by atoms with E-state index < -0.39 is 11.9 Å². The monoisotopic (exact) mass is 276 g/mol. The number of carboxylic acids is 1. The fraction of sp³-hybridized carbons (Fsp3) is 0.231. The molecule has 2 rings (SSSR count). The second kappa shape index (κ2) is 5.52. The number of ether oxygens (including phenoxy) is 1. The molecule has 0 atom stereocenters. The minimum absolute atomic E-state index is 0.0409. The van der Waals surface area contributed by atoms with E-state index in [1.807, 2.05) is 0 Å². The van der Waals surface area contributed by atoms with Crippen molar-refractivity contribution < 1.29 is 24.2 Å². The lowest BCUT2D eigenvalue weighted by atomic mass is 10.2. The number of anilines is 1. The maximum atomic E-state index is 11.8. The molecular formula is C13H12N2O5. The highest BCUT2D eigenvalue weighted by atomic mass is 16.5. The van der Waals surface area contributed by atoms with E-state index in [0.717, 1.165) is 5.01 Å². The molecule has 1 amide bonds. The van der Waals surface area contributed by atoms with Crippen molar-refractivity contribution in [3.8, 4) is 0 Å². The summed E-state index contributed by atoms with van der Waals surface area (Å²) in [4.78, 5) is 34.0. The summed E-state index contributed by atoms with van der Waals surface area (Å²) in [5, 5.41) is 13.8. The molecule has 1 N–H and O–H groups in total. The number of amides is 1. The van der Waals surface area contributed by atoms with Crippen LogP contribution in [0.4, 0.5) is 5.69 Å². The van der Waals surface area contributed by atoms with Crippen molar-refractivity contribution in [2.45, 2.75) is 13.3 Å². The van der Waals surface area contributed by atoms with E-state index in [1.165, 1.54) is 24.3 Å². The van der Waals surface area contributed by atoms with Crippen molar-refractivity contribution in [1.82, 2.24) is 0 Å². The molecule has 0 unspecified atom stereocenters. The number of carboxylic acid groups (broad SMARTS) is 1. The van der Waals surface area contributed by atoms with Crippen LogP contribution in [0.5, 0.6) is 0 Å². The summed E-state index contributed by atoms with van der Waals surface area (Å²) in [5.41, 5.74) is 0.549. The Morgan fingerprint density at radius 3 is 2.55 bits per heavy atom. The van der Waals surface area contributed by atoms with Gasteiger partial charge < -0.3 is 9.84 Å². The highest BCUT2D eigenvalue weighted by Gasteiger charge is 2.30. The highest BCUT2D eigenvalue weighted by Crippen LogP contribution is 2.21. The van der Waals surface area contributed by atoms with E-state index in [4.69, 9.17) is 9.84 Å². The standard InChI is InChI=1S/C13H12N2O5/c1-2-20-13(19)10-7-11(16)15(14-10)9-5-3-8(4-6-9)12(17)18/h3-6H,2,7H2,1H3,(H,17,18). The lowest BCUT2D eigenvalue weighted by molar-refractivity contribution is -0.135. The first kappa shape index (κ1) is 13.7. The number of rotatable bonds is 4. The minimum atomic E-state index is -1.06. The Labute approximate surface area is 114 Å². The van der Waals surface area contributed by atoms with Gasteiger partial charge in [0, 0.05) is 0 Å². The largest absolute Gasteiger partial charge is 0.478 e. The number of nitrogens with zero attached hydrogens (tertiary/aromatic N) is 2. The summed E-state index contributed by atoms with van der Waals surface area (Å²) in [6.07, 6.45) is -0.125. The van der Waals surface area contributed by atoms with Crippen LogP contribution in [0.15, 0.2) is 29.4 Å². The number of carbonyl (C=O) groups excluding carboxylic acids is 2. The van der Waals surface area contributed by atoms with Crippen molar-refractivity contribution >= 4 is 29.2 Å². The number of hydrogen-bond donors (Lipinski definition) is 1. The molecule has 1 aliphatic rings. The third-order valence-electron chi connectivity index (χ3n) is 2.65. The zero-order valence-electron chi connectivity index (χ0n) is 10.7. The number of carbonyl (C=O) groups is 3. The zero-order valence-corrected chi connectivity index (χ0v) is 10.7. The summed E-state index contributed by atoms with van der Waals surface area (Å²) in [6, 6.07) is 5.64. The van der Waals surface area contributed by atoms with E-state index in [1.54, 1.807) is 6.92 Å². The van der Waals surface area contributed by atoms with Gasteiger partial charge in [0.1, 0.15) is 0 Å². The molecule has 0 radical (unpaired) electrons. The molecule has 20 heavy (non-hydrogen) atoms. The summed E-state index contributed by atoms with van der Waals surface area (Å²) >= 11 is 0. The first-order chi connectivity index (χ1) is 9.52. The number of hydrogen-bond acceptors (Lipinski definition) is 5. The Balaban J connectivity index is 2.22. The Hall–Kier alpha value is -2.70. The summed E-state index contributed by atoms with van der Waals surface area (Å²) in [6.45, 7) is 1.87. The molecule has 0 fully saturated rings. The summed E-state index contributed by atoms with van der Waals surface area (Å²) < 4.78 is 4.78. The van der Waals surface area contributed by atoms with Crippen LogP contribution in [0, 0.1) is 0 Å². The van der Waals surface area contributed by atoms with Crippen molar-refractivity contribution in [2.75, 3.05) is 11.6 Å². The predicted octanol–water partition coefficient (Wildman–Crippen LogP) is 1.04. The fourth-order valence-corrected chi connectivity index (χ4v) is 1.70. The van der Waals surface area contributed by atoms with Crippen LogP contribution < -0.4 is 5.01 Å². The van der Waals surface area contributed by atoms with Gasteiger partial charge in [-0.25, -0.2) is 9.59 Å². The van der Waals surface area contributed by atoms with E-state index in [0.29, 0.717) is 5.69 Å². The molecule has 1 heterocycles. The minimum Gasteiger partial charge on any atom is -0.478 e. The molecule has 0 aromatic heterocycles. The maximum absolute atomic E-state index is 11.8. The molecule has 0 bridgehead atoms. The van der Waals surface area contributed by atoms with Crippen LogP contribution >= 0.6 is 0 Å². The first-order valence-electron chi connectivity index (χ1n) is 5.94. The predicted molar refractivity (Wildman–Crippen MR) is 69.6 cm³/mol. The molecule has 104 valence electrons. The molecule has 0 saturated carbocycles. The van der Waals surface area contributed by atoms with Crippen LogP contribution in [0.2, 0.25) is 0 Å². The third-order valence-corrected chi connectivity index (χ3v) is 2.65. The van der Waals surface area contributed by atoms with Crippen molar-refractivity contribution in [1.29, 1.82) is 0 Å². The topological polar surface area (TPSA) is 96.3 Å². The van der Waals surface area contributed by atoms with Crippen molar-refractivity contribution in [3.05, 3.63) is 29.8 Å². The van der Waals surface area contributed by atoms with Crippen LogP contribution in [0.3, 0.4) is 0 Å². The molecule has 0 aliphatic carbocycles. The molecule has 7 nitrogen and oxygen atoms in total. The molecular weight excluding hydrogens is 264 g/mol. The van der Waals surface area contributed by atoms with Gasteiger partial charge >= 0.3 is 11.9 Å². The lowest BCUT2D eigenvalue weighted by Gasteiger charge is -2.11. The summed E-state index contributed by atoms with van der Waals surface area (Å²) in [7, 11) is 0. The van der Waals surface area contributed by atoms with Gasteiger partial charge in [-0.2, -0.15) is 10.1 Å². The average Bonchev–Trinajstić information content (AvgIpc) is 2.81. The van der Waals surface area contributed by atoms with Gasteiger partial charge in [0.05, 0.1) is 24.3 Å². The number of benzene rings is 1. The first-order valence-corrected chi connectivity index (χ1v) is 5.94. The Morgan fingerprint density at radius 1 is 1.35 bits per heavy atom. The zero-order chi connectivity index (χ0) is 14.7. The number of esters is 1. The fourth-order valence-electron chi connectivity index (χ4n) is 1.70. The maximum Gasteiger partial charge on any atom is 0.355 e. The van der Waals surface area contributed by atoms with Gasteiger partial charge in [-0.15, -0.1) is 0 Å². The smallest absolute Gasteiger partial charge is 0.355 e. The van der Waals surface area contributed by atoms with E-state index in [9.17, 15) is 14.4 Å². The van der Waals surface area contributed by atoms with Crippen LogP contribution in [-0.2, 0) is 14.3 Å². The Kier molecular flexibility index (Phi) is 3.79. The second-order valence-electron chi connectivity index (χ2n) is 4.00. The Bertz CT molecular complexity index is 591. The van der Waals surface area contributed by atoms with E-state index in [2.05, 4.69) is 5.10 Å². The molecule has 1 aromatic carbocycles. The van der Waals surface area contributed by atoms with Crippen LogP contribution in [-0.4, -0.2) is 35.3 Å². The highest BCUT2D eigenvalue weighted by molar-refractivity contribution is 6.42. The molecule has 7 heteroatoms. The Morgan fingerprint density at radius 2 is 2.00 bits per heavy atom. The number of hydrazone groups is 1. The summed E-state index contributed by atoms with van der Waals surface area (Å²) in [5.74, 6) is -2.04. The molecule has 0 saturated heterocycles. The lowest BCUT2D eigenvalue weighted by Crippen LogP contribution is -2.19. The molecule has 1 aliphatic heterocycles. The van der Waals surface area contributed by atoms with Crippen LogP contribution in [0.25, 0.3) is 0 Å². The second-order valence-corrected chi connectivity index (χ2v) is 4.00. The molecule has 0 spiro atoms. The number of aromatic carboxylic acids is 1. The van der Waals surface area contributed by atoms with E-state index >= 15 is 0 Å². The van der Waals surface area contributed by atoms with Crippen molar-refractivity contribution in [3.63, 3.8) is 0 Å². The van der Waals surface area contributed by atoms with Crippen molar-refractivity contribution in [2.24, 2.45) is 5.10 Å². The quantitative estimate of drug-likeness (QED) is 0.829. The average molecular weight is 276 g/mol. The van der Waals surface area contributed by atoms with Gasteiger partial charge in [-0.3, -0.25) is 4.79 Å². The van der Waals surface area contributed by atoms with Gasteiger partial charge in [-0.05, 0) is 31.2 Å².